The molecule has 216 valence electrons. The molecule has 0 amide bonds. The van der Waals surface area contributed by atoms with Gasteiger partial charge in [0.25, 0.3) is 0 Å². The van der Waals surface area contributed by atoms with Gasteiger partial charge in [0, 0.05) is 23.0 Å². The van der Waals surface area contributed by atoms with Crippen LogP contribution in [0, 0.1) is 6.07 Å². The molecule has 0 saturated carbocycles. The minimum absolute atomic E-state index is 0. The summed E-state index contributed by atoms with van der Waals surface area (Å²) in [6.45, 7) is 13.5. The van der Waals surface area contributed by atoms with Crippen LogP contribution in [0.3, 0.4) is 0 Å². The molecule has 7 rings (SSSR count). The Balaban J connectivity index is 0.00000329. The first-order valence-electron chi connectivity index (χ1n) is 14.6. The Morgan fingerprint density at radius 3 is 2.07 bits per heavy atom. The monoisotopic (exact) mass is 741 g/mol. The molecule has 3 aromatic carbocycles. The molecule has 7 aromatic rings. The van der Waals surface area contributed by atoms with Gasteiger partial charge in [0.2, 0.25) is 0 Å². The van der Waals surface area contributed by atoms with E-state index in [-0.39, 0.29) is 31.9 Å². The maximum absolute atomic E-state index is 5.34. The van der Waals surface area contributed by atoms with Crippen molar-refractivity contribution >= 4 is 32.7 Å². The van der Waals surface area contributed by atoms with Crippen molar-refractivity contribution in [3.8, 4) is 28.3 Å². The van der Waals surface area contributed by atoms with Crippen molar-refractivity contribution in [1.82, 2.24) is 19.5 Å². The standard InChI is InChI=1S/C38H34N4.Pt/c1-37(2,3)26-17-20-33-30(23-26)29-18-19-32(25-13-11-12-24(22-25)31-16-9-10-21-39-31)40-35(29)42(33)36-28-15-8-7-14-27(28)34(41-36)38(4,5)6;/h7-21,23H,1-6H3;/q-2;+2. The number of rotatable bonds is 3. The van der Waals surface area contributed by atoms with Crippen molar-refractivity contribution in [3.63, 3.8) is 0 Å². The normalized spacial score (nSPS) is 12.2. The van der Waals surface area contributed by atoms with Crippen LogP contribution in [0.1, 0.15) is 52.8 Å². The predicted molar refractivity (Wildman–Crippen MR) is 174 cm³/mol. The summed E-state index contributed by atoms with van der Waals surface area (Å²) in [6, 6.07) is 35.4. The van der Waals surface area contributed by atoms with E-state index in [1.807, 2.05) is 30.5 Å². The first-order chi connectivity index (χ1) is 20.1. The van der Waals surface area contributed by atoms with Gasteiger partial charge in [0.15, 0.2) is 0 Å². The van der Waals surface area contributed by atoms with E-state index >= 15 is 0 Å². The topological polar surface area (TPSA) is 44.8 Å². The van der Waals surface area contributed by atoms with Crippen LogP contribution in [0.25, 0.3) is 61.0 Å². The Labute approximate surface area is 267 Å². The van der Waals surface area contributed by atoms with E-state index in [0.29, 0.717) is 0 Å². The van der Waals surface area contributed by atoms with Gasteiger partial charge in [-0.05, 0) is 50.0 Å². The smallest absolute Gasteiger partial charge is 0.438 e. The van der Waals surface area contributed by atoms with Gasteiger partial charge >= 0.3 is 21.1 Å². The van der Waals surface area contributed by atoms with Gasteiger partial charge in [0.1, 0.15) is 0 Å². The summed E-state index contributed by atoms with van der Waals surface area (Å²) in [4.78, 5) is 15.2. The molecule has 4 nitrogen and oxygen atoms in total. The molecule has 0 spiro atoms. The van der Waals surface area contributed by atoms with Crippen molar-refractivity contribution in [2.24, 2.45) is 0 Å². The number of fused-ring (bicyclic) bond motifs is 4. The van der Waals surface area contributed by atoms with Crippen molar-refractivity contribution in [1.29, 1.82) is 0 Å². The second-order valence-electron chi connectivity index (χ2n) is 13.2. The zero-order valence-corrected chi connectivity index (χ0v) is 27.6. The second kappa shape index (κ2) is 10.6. The quantitative estimate of drug-likeness (QED) is 0.170. The van der Waals surface area contributed by atoms with E-state index in [0.717, 1.165) is 56.0 Å². The van der Waals surface area contributed by atoms with Crippen LogP contribution in [0.4, 0.5) is 0 Å². The molecule has 5 heteroatoms. The largest absolute Gasteiger partial charge is 2.00 e. The van der Waals surface area contributed by atoms with Crippen LogP contribution in [0.2, 0.25) is 0 Å². The van der Waals surface area contributed by atoms with Crippen molar-refractivity contribution in [2.75, 3.05) is 0 Å². The summed E-state index contributed by atoms with van der Waals surface area (Å²) in [5.74, 6) is 0.926. The fourth-order valence-corrected chi connectivity index (χ4v) is 5.86. The number of hydrogen-bond acceptors (Lipinski definition) is 2. The number of nitrogens with zero attached hydrogens (tertiary/aromatic N) is 4. The van der Waals surface area contributed by atoms with Crippen LogP contribution in [0.5, 0.6) is 0 Å². The van der Waals surface area contributed by atoms with Crippen LogP contribution >= 0.6 is 0 Å². The molecule has 0 N–H and O–H groups in total. The minimum Gasteiger partial charge on any atom is -0.438 e. The van der Waals surface area contributed by atoms with Gasteiger partial charge in [-0.3, -0.25) is 9.97 Å². The van der Waals surface area contributed by atoms with Crippen molar-refractivity contribution < 1.29 is 21.1 Å². The first kappa shape index (κ1) is 29.1. The Morgan fingerprint density at radius 1 is 0.651 bits per heavy atom. The van der Waals surface area contributed by atoms with E-state index in [9.17, 15) is 0 Å². The average molecular weight is 742 g/mol. The van der Waals surface area contributed by atoms with Gasteiger partial charge in [-0.2, -0.15) is 0 Å². The van der Waals surface area contributed by atoms with Crippen molar-refractivity contribution in [3.05, 3.63) is 115 Å². The Bertz CT molecular complexity index is 2100. The Kier molecular flexibility index (Phi) is 7.17. The molecule has 4 aromatic heterocycles. The third kappa shape index (κ3) is 5.02. The average Bonchev–Trinajstić information content (AvgIpc) is 3.52. The van der Waals surface area contributed by atoms with Gasteiger partial charge < -0.3 is 9.55 Å². The predicted octanol–water partition coefficient (Wildman–Crippen LogP) is 9.41. The molecule has 43 heavy (non-hydrogen) atoms. The maximum atomic E-state index is 5.34. The molecular weight excluding hydrogens is 708 g/mol. The minimum atomic E-state index is -0.102. The van der Waals surface area contributed by atoms with Gasteiger partial charge in [-0.15, -0.1) is 24.3 Å². The van der Waals surface area contributed by atoms with E-state index in [4.69, 9.17) is 9.97 Å². The SMILES string of the molecule is CC(C)(C)c1ccc2c(c1)c1ccc(-c3[c-]c(-c4ccccn4)ccc3)nc1n2-c1[n-]c(C(C)(C)C)c2ccccc12.[Pt+2]. The molecule has 4 heterocycles. The Hall–Kier alpha value is -4.01. The summed E-state index contributed by atoms with van der Waals surface area (Å²) in [7, 11) is 0. The molecule has 0 bridgehead atoms. The van der Waals surface area contributed by atoms with Crippen molar-refractivity contribution in [2.45, 2.75) is 52.4 Å². The fourth-order valence-electron chi connectivity index (χ4n) is 5.86. The molecule has 0 saturated heterocycles. The van der Waals surface area contributed by atoms with E-state index in [2.05, 4.69) is 124 Å². The number of hydrogen-bond donors (Lipinski definition) is 0. The van der Waals surface area contributed by atoms with E-state index in [1.165, 1.54) is 16.3 Å². The number of pyridine rings is 2. The van der Waals surface area contributed by atoms with E-state index in [1.54, 1.807) is 0 Å². The molecule has 0 aliphatic rings. The van der Waals surface area contributed by atoms with Gasteiger partial charge in [-0.1, -0.05) is 125 Å². The van der Waals surface area contributed by atoms with Gasteiger partial charge in [0.05, 0.1) is 5.65 Å². The van der Waals surface area contributed by atoms with E-state index < -0.39 is 0 Å². The molecule has 0 aliphatic heterocycles. The second-order valence-corrected chi connectivity index (χ2v) is 13.2. The van der Waals surface area contributed by atoms with Gasteiger partial charge in [-0.25, -0.2) is 0 Å². The summed E-state index contributed by atoms with van der Waals surface area (Å²) >= 11 is 0. The van der Waals surface area contributed by atoms with Crippen LogP contribution in [0.15, 0.2) is 97.2 Å². The molecular formula is C38H34N4Pt. The zero-order valence-electron chi connectivity index (χ0n) is 25.3. The Morgan fingerprint density at radius 2 is 1.37 bits per heavy atom. The fraction of sp³-hybridized carbons (Fsp3) is 0.211. The summed E-state index contributed by atoms with van der Waals surface area (Å²) in [5.41, 5.74) is 7.97. The van der Waals surface area contributed by atoms with Crippen LogP contribution < -0.4 is 4.98 Å². The number of aromatic nitrogens is 4. The third-order valence-electron chi connectivity index (χ3n) is 8.06. The first-order valence-corrected chi connectivity index (χ1v) is 14.6. The van der Waals surface area contributed by atoms with Crippen LogP contribution in [-0.2, 0) is 31.9 Å². The molecule has 0 radical (unpaired) electrons. The summed E-state index contributed by atoms with van der Waals surface area (Å²) in [6.07, 6.45) is 1.81. The summed E-state index contributed by atoms with van der Waals surface area (Å²) in [5, 5.41) is 4.63. The number of benzene rings is 3. The maximum Gasteiger partial charge on any atom is 2.00 e. The molecule has 0 fully saturated rings. The van der Waals surface area contributed by atoms with Crippen LogP contribution in [-0.4, -0.2) is 14.5 Å². The summed E-state index contributed by atoms with van der Waals surface area (Å²) < 4.78 is 2.26. The zero-order chi connectivity index (χ0) is 29.2. The molecule has 0 atom stereocenters. The molecule has 0 aliphatic carbocycles. The molecule has 0 unspecified atom stereocenters. The third-order valence-corrected chi connectivity index (χ3v) is 8.06.